The van der Waals surface area contributed by atoms with E-state index in [9.17, 15) is 4.79 Å². The van der Waals surface area contributed by atoms with Crippen LogP contribution in [0.1, 0.15) is 18.1 Å². The molecule has 0 radical (unpaired) electrons. The van der Waals surface area contributed by atoms with E-state index in [1.807, 2.05) is 18.9 Å². The molecule has 0 bridgehead atoms. The summed E-state index contributed by atoms with van der Waals surface area (Å²) in [5, 5.41) is 3.01. The van der Waals surface area contributed by atoms with Gasteiger partial charge in [-0.05, 0) is 37.9 Å². The smallest absolute Gasteiger partial charge is 0.239 e. The van der Waals surface area contributed by atoms with Crippen molar-refractivity contribution in [3.8, 4) is 0 Å². The summed E-state index contributed by atoms with van der Waals surface area (Å²) in [7, 11) is 1.83. The number of rotatable bonds is 2. The van der Waals surface area contributed by atoms with Crippen LogP contribution in [-0.4, -0.2) is 37.0 Å². The van der Waals surface area contributed by atoms with Crippen molar-refractivity contribution in [2.45, 2.75) is 25.8 Å². The number of fused-ring (bicyclic) bond motifs is 1. The fourth-order valence-electron chi connectivity index (χ4n) is 2.29. The summed E-state index contributed by atoms with van der Waals surface area (Å²) in [6.45, 7) is 3.59. The quantitative estimate of drug-likeness (QED) is 0.831. The fraction of sp³-hybridized carbons (Fsp3) is 0.500. The number of hydrogen-bond acceptors (Lipinski definition) is 2. The Balaban J connectivity index is 2.06. The van der Waals surface area contributed by atoms with E-state index in [1.54, 1.807) is 0 Å². The molecule has 0 spiro atoms. The van der Waals surface area contributed by atoms with Gasteiger partial charge in [-0.3, -0.25) is 4.79 Å². The molecule has 1 amide bonds. The molecular formula is C14H20N2O. The summed E-state index contributed by atoms with van der Waals surface area (Å²) in [5.41, 5.74) is 2.78. The van der Waals surface area contributed by atoms with Crippen molar-refractivity contribution in [1.82, 2.24) is 10.2 Å². The Morgan fingerprint density at radius 3 is 2.24 bits per heavy atom. The second-order valence-electron chi connectivity index (χ2n) is 4.60. The molecule has 1 aliphatic rings. The van der Waals surface area contributed by atoms with Crippen molar-refractivity contribution in [3.63, 3.8) is 0 Å². The molecule has 2 rings (SSSR count). The molecule has 0 saturated carbocycles. The van der Waals surface area contributed by atoms with Crippen molar-refractivity contribution in [3.05, 3.63) is 35.4 Å². The highest BCUT2D eigenvalue weighted by Crippen LogP contribution is 2.15. The van der Waals surface area contributed by atoms with E-state index >= 15 is 0 Å². The molecule has 0 saturated heterocycles. The zero-order valence-corrected chi connectivity index (χ0v) is 10.6. The van der Waals surface area contributed by atoms with Gasteiger partial charge in [-0.25, -0.2) is 0 Å². The molecule has 0 fully saturated rings. The highest BCUT2D eigenvalue weighted by atomic mass is 16.2. The van der Waals surface area contributed by atoms with Crippen molar-refractivity contribution >= 4 is 5.91 Å². The Labute approximate surface area is 103 Å². The summed E-state index contributed by atoms with van der Waals surface area (Å²) in [6, 6.07) is 8.41. The number of hydrogen-bond donors (Lipinski definition) is 1. The summed E-state index contributed by atoms with van der Waals surface area (Å²) in [6.07, 6.45) is 1.94. The highest BCUT2D eigenvalue weighted by Gasteiger charge is 2.21. The summed E-state index contributed by atoms with van der Waals surface area (Å²) < 4.78 is 0. The van der Waals surface area contributed by atoms with Gasteiger partial charge in [-0.2, -0.15) is 0 Å². The zero-order valence-electron chi connectivity index (χ0n) is 10.6. The molecule has 0 aliphatic carbocycles. The fourth-order valence-corrected chi connectivity index (χ4v) is 2.29. The maximum Gasteiger partial charge on any atom is 0.239 e. The number of likely N-dealkylation sites (N-methyl/N-ethyl adjacent to an activating group) is 1. The van der Waals surface area contributed by atoms with Gasteiger partial charge in [0.05, 0.1) is 6.04 Å². The monoisotopic (exact) mass is 232 g/mol. The van der Waals surface area contributed by atoms with Crippen LogP contribution in [0, 0.1) is 0 Å². The van der Waals surface area contributed by atoms with E-state index in [0.29, 0.717) is 0 Å². The molecule has 3 nitrogen and oxygen atoms in total. The third-order valence-corrected chi connectivity index (χ3v) is 3.54. The van der Waals surface area contributed by atoms with Gasteiger partial charge in [0.1, 0.15) is 0 Å². The summed E-state index contributed by atoms with van der Waals surface area (Å²) >= 11 is 0. The topological polar surface area (TPSA) is 32.3 Å². The standard InChI is InChI=1S/C14H20N2O/c1-11(15-2)14(17)16-9-7-12-5-3-4-6-13(12)8-10-16/h3-6,11,15H,7-10H2,1-2H3. The molecule has 1 aliphatic heterocycles. The van der Waals surface area contributed by atoms with Crippen LogP contribution >= 0.6 is 0 Å². The number of carbonyl (C=O) groups excluding carboxylic acids is 1. The van der Waals surface area contributed by atoms with E-state index in [4.69, 9.17) is 0 Å². The van der Waals surface area contributed by atoms with Crippen LogP contribution in [0.3, 0.4) is 0 Å². The van der Waals surface area contributed by atoms with Gasteiger partial charge in [0.2, 0.25) is 5.91 Å². The lowest BCUT2D eigenvalue weighted by atomic mass is 10.0. The minimum Gasteiger partial charge on any atom is -0.341 e. The van der Waals surface area contributed by atoms with Crippen LogP contribution in [0.4, 0.5) is 0 Å². The first-order chi connectivity index (χ1) is 8.22. The highest BCUT2D eigenvalue weighted by molar-refractivity contribution is 5.81. The molecule has 3 heteroatoms. The Hall–Kier alpha value is -1.35. The number of carbonyl (C=O) groups is 1. The van der Waals surface area contributed by atoms with Gasteiger partial charge >= 0.3 is 0 Å². The number of nitrogens with one attached hydrogen (secondary N) is 1. The summed E-state index contributed by atoms with van der Waals surface area (Å²) in [5.74, 6) is 0.209. The van der Waals surface area contributed by atoms with Crippen molar-refractivity contribution < 1.29 is 4.79 Å². The van der Waals surface area contributed by atoms with Crippen LogP contribution in [0.15, 0.2) is 24.3 Å². The van der Waals surface area contributed by atoms with Crippen LogP contribution in [-0.2, 0) is 17.6 Å². The Morgan fingerprint density at radius 1 is 1.24 bits per heavy atom. The SMILES string of the molecule is CNC(C)C(=O)N1CCc2ccccc2CC1. The van der Waals surface area contributed by atoms with Crippen molar-refractivity contribution in [1.29, 1.82) is 0 Å². The average Bonchev–Trinajstić information content (AvgIpc) is 2.59. The van der Waals surface area contributed by atoms with Crippen LogP contribution in [0.25, 0.3) is 0 Å². The van der Waals surface area contributed by atoms with Gasteiger partial charge < -0.3 is 10.2 Å². The van der Waals surface area contributed by atoms with Gasteiger partial charge in [-0.1, -0.05) is 24.3 Å². The number of nitrogens with zero attached hydrogens (tertiary/aromatic N) is 1. The molecule has 17 heavy (non-hydrogen) atoms. The van der Waals surface area contributed by atoms with E-state index in [0.717, 1.165) is 25.9 Å². The van der Waals surface area contributed by atoms with E-state index in [2.05, 4.69) is 29.6 Å². The Bertz CT molecular complexity index is 376. The normalized spacial score (nSPS) is 17.2. The maximum atomic E-state index is 12.1. The first-order valence-corrected chi connectivity index (χ1v) is 6.25. The Morgan fingerprint density at radius 2 is 1.76 bits per heavy atom. The minimum atomic E-state index is -0.0868. The second-order valence-corrected chi connectivity index (χ2v) is 4.60. The molecule has 0 aromatic heterocycles. The predicted octanol–water partition coefficient (Wildman–Crippen LogP) is 1.22. The molecule has 1 atom stereocenters. The zero-order chi connectivity index (χ0) is 12.3. The minimum absolute atomic E-state index is 0.0868. The lowest BCUT2D eigenvalue weighted by molar-refractivity contribution is -0.132. The van der Waals surface area contributed by atoms with Gasteiger partial charge in [0.15, 0.2) is 0 Å². The van der Waals surface area contributed by atoms with Crippen LogP contribution < -0.4 is 5.32 Å². The predicted molar refractivity (Wildman–Crippen MR) is 69.0 cm³/mol. The molecule has 1 N–H and O–H groups in total. The third-order valence-electron chi connectivity index (χ3n) is 3.54. The number of benzene rings is 1. The molecule has 1 unspecified atom stereocenters. The van der Waals surface area contributed by atoms with E-state index < -0.39 is 0 Å². The van der Waals surface area contributed by atoms with E-state index in [1.165, 1.54) is 11.1 Å². The van der Waals surface area contributed by atoms with Gasteiger partial charge in [-0.15, -0.1) is 0 Å². The Kier molecular flexibility index (Phi) is 3.79. The maximum absolute atomic E-state index is 12.1. The lowest BCUT2D eigenvalue weighted by Gasteiger charge is -2.23. The molecular weight excluding hydrogens is 212 g/mol. The van der Waals surface area contributed by atoms with Crippen LogP contribution in [0.2, 0.25) is 0 Å². The third kappa shape index (κ3) is 2.67. The van der Waals surface area contributed by atoms with E-state index in [-0.39, 0.29) is 11.9 Å². The lowest BCUT2D eigenvalue weighted by Crippen LogP contribution is -2.44. The van der Waals surface area contributed by atoms with Crippen molar-refractivity contribution in [2.75, 3.05) is 20.1 Å². The average molecular weight is 232 g/mol. The summed E-state index contributed by atoms with van der Waals surface area (Å²) in [4.78, 5) is 14.1. The van der Waals surface area contributed by atoms with Gasteiger partial charge in [0, 0.05) is 13.1 Å². The largest absolute Gasteiger partial charge is 0.341 e. The molecule has 92 valence electrons. The second kappa shape index (κ2) is 5.32. The van der Waals surface area contributed by atoms with Gasteiger partial charge in [0.25, 0.3) is 0 Å². The molecule has 1 aromatic rings. The molecule has 1 aromatic carbocycles. The number of amides is 1. The van der Waals surface area contributed by atoms with Crippen LogP contribution in [0.5, 0.6) is 0 Å². The first kappa shape index (κ1) is 12.1. The molecule has 1 heterocycles. The first-order valence-electron chi connectivity index (χ1n) is 6.25. The van der Waals surface area contributed by atoms with Crippen molar-refractivity contribution in [2.24, 2.45) is 0 Å².